The predicted molar refractivity (Wildman–Crippen MR) is 50.4 cm³/mol. The standard InChI is InChI=1S/C8H8N2O6/c11-1-2-16-7-3-5(8(12)13)6(4-9-7)10(14)15/h3-4,11H,1-2H2,(H,12,13). The lowest BCUT2D eigenvalue weighted by atomic mass is 10.2. The third kappa shape index (κ3) is 2.64. The van der Waals surface area contributed by atoms with Gasteiger partial charge in [0.15, 0.2) is 0 Å². The van der Waals surface area contributed by atoms with Gasteiger partial charge in [0.05, 0.1) is 11.5 Å². The molecule has 2 N–H and O–H groups in total. The summed E-state index contributed by atoms with van der Waals surface area (Å²) in [5.74, 6) is -1.53. The normalized spacial score (nSPS) is 9.81. The second kappa shape index (κ2) is 5.03. The molecule has 0 unspecified atom stereocenters. The van der Waals surface area contributed by atoms with Gasteiger partial charge in [-0.25, -0.2) is 9.78 Å². The van der Waals surface area contributed by atoms with Crippen molar-refractivity contribution in [2.45, 2.75) is 0 Å². The van der Waals surface area contributed by atoms with Crippen LogP contribution in [-0.2, 0) is 0 Å². The summed E-state index contributed by atoms with van der Waals surface area (Å²) >= 11 is 0. The highest BCUT2D eigenvalue weighted by Gasteiger charge is 2.21. The lowest BCUT2D eigenvalue weighted by Gasteiger charge is -2.03. The molecule has 1 aromatic rings. The molecule has 0 saturated carbocycles. The molecule has 0 amide bonds. The number of carboxylic acid groups (broad SMARTS) is 1. The summed E-state index contributed by atoms with van der Waals surface area (Å²) in [6.07, 6.45) is 0.802. The molecule has 1 rings (SSSR count). The Balaban J connectivity index is 3.07. The van der Waals surface area contributed by atoms with Crippen molar-refractivity contribution in [1.29, 1.82) is 0 Å². The topological polar surface area (TPSA) is 123 Å². The van der Waals surface area contributed by atoms with Crippen molar-refractivity contribution in [2.24, 2.45) is 0 Å². The molecule has 0 atom stereocenters. The summed E-state index contributed by atoms with van der Waals surface area (Å²) in [5, 5.41) is 27.7. The van der Waals surface area contributed by atoms with Gasteiger partial charge in [0.2, 0.25) is 5.88 Å². The summed E-state index contributed by atoms with van der Waals surface area (Å²) in [4.78, 5) is 23.9. The molecule has 0 radical (unpaired) electrons. The molecule has 1 heterocycles. The van der Waals surface area contributed by atoms with Crippen LogP contribution < -0.4 is 4.74 Å². The Bertz CT molecular complexity index is 419. The maximum absolute atomic E-state index is 10.7. The summed E-state index contributed by atoms with van der Waals surface area (Å²) in [6, 6.07) is 0.941. The summed E-state index contributed by atoms with van der Waals surface area (Å²) < 4.78 is 4.83. The summed E-state index contributed by atoms with van der Waals surface area (Å²) in [6.45, 7) is -0.328. The van der Waals surface area contributed by atoms with Crippen LogP contribution >= 0.6 is 0 Å². The zero-order valence-electron chi connectivity index (χ0n) is 7.99. The van der Waals surface area contributed by atoms with Crippen LogP contribution in [0.1, 0.15) is 10.4 Å². The van der Waals surface area contributed by atoms with Crippen molar-refractivity contribution < 1.29 is 24.7 Å². The minimum absolute atomic E-state index is 0.0656. The molecular weight excluding hydrogens is 220 g/mol. The lowest BCUT2D eigenvalue weighted by Crippen LogP contribution is -2.07. The number of carbonyl (C=O) groups is 1. The van der Waals surface area contributed by atoms with E-state index in [1.807, 2.05) is 0 Å². The molecule has 86 valence electrons. The first-order valence-electron chi connectivity index (χ1n) is 4.17. The predicted octanol–water partition coefficient (Wildman–Crippen LogP) is 0.0591. The van der Waals surface area contributed by atoms with E-state index in [1.165, 1.54) is 0 Å². The molecule has 0 aliphatic carbocycles. The molecule has 8 heteroatoms. The Labute approximate surface area is 89.3 Å². The summed E-state index contributed by atoms with van der Waals surface area (Å²) in [7, 11) is 0. The number of nitro groups is 1. The van der Waals surface area contributed by atoms with Crippen LogP contribution in [0.4, 0.5) is 5.69 Å². The van der Waals surface area contributed by atoms with E-state index in [2.05, 4.69) is 4.98 Å². The number of aromatic nitrogens is 1. The van der Waals surface area contributed by atoms with Crippen molar-refractivity contribution >= 4 is 11.7 Å². The molecule has 0 spiro atoms. The smallest absolute Gasteiger partial charge is 0.342 e. The van der Waals surface area contributed by atoms with E-state index in [0.717, 1.165) is 12.3 Å². The van der Waals surface area contributed by atoms with Crippen molar-refractivity contribution in [3.8, 4) is 5.88 Å². The van der Waals surface area contributed by atoms with Crippen LogP contribution in [0, 0.1) is 10.1 Å². The maximum atomic E-state index is 10.7. The van der Waals surface area contributed by atoms with Gasteiger partial charge in [-0.05, 0) is 0 Å². The molecule has 0 fully saturated rings. The van der Waals surface area contributed by atoms with Crippen molar-refractivity contribution in [3.05, 3.63) is 27.9 Å². The highest BCUT2D eigenvalue weighted by molar-refractivity contribution is 5.92. The number of aliphatic hydroxyl groups excluding tert-OH is 1. The van der Waals surface area contributed by atoms with Crippen LogP contribution in [0.15, 0.2) is 12.3 Å². The second-order valence-corrected chi connectivity index (χ2v) is 2.67. The van der Waals surface area contributed by atoms with Crippen molar-refractivity contribution in [2.75, 3.05) is 13.2 Å². The number of hydrogen-bond acceptors (Lipinski definition) is 6. The van der Waals surface area contributed by atoms with E-state index in [9.17, 15) is 14.9 Å². The third-order valence-electron chi connectivity index (χ3n) is 1.63. The van der Waals surface area contributed by atoms with Gasteiger partial charge in [-0.1, -0.05) is 0 Å². The van der Waals surface area contributed by atoms with Gasteiger partial charge in [-0.3, -0.25) is 10.1 Å². The molecule has 0 aliphatic heterocycles. The average Bonchev–Trinajstić information content (AvgIpc) is 2.25. The van der Waals surface area contributed by atoms with E-state index in [-0.39, 0.29) is 19.1 Å². The van der Waals surface area contributed by atoms with E-state index in [0.29, 0.717) is 0 Å². The monoisotopic (exact) mass is 228 g/mol. The number of carboxylic acids is 1. The minimum Gasteiger partial charge on any atom is -0.477 e. The van der Waals surface area contributed by atoms with Gasteiger partial charge in [0.1, 0.15) is 18.4 Å². The van der Waals surface area contributed by atoms with Crippen molar-refractivity contribution in [1.82, 2.24) is 4.98 Å². The van der Waals surface area contributed by atoms with Gasteiger partial charge < -0.3 is 14.9 Å². The summed E-state index contributed by atoms with van der Waals surface area (Å²) in [5.41, 5.74) is -1.11. The Kier molecular flexibility index (Phi) is 3.72. The largest absolute Gasteiger partial charge is 0.477 e. The first-order valence-corrected chi connectivity index (χ1v) is 4.17. The minimum atomic E-state index is -1.44. The Morgan fingerprint density at radius 2 is 2.31 bits per heavy atom. The fraction of sp³-hybridized carbons (Fsp3) is 0.250. The molecule has 16 heavy (non-hydrogen) atoms. The maximum Gasteiger partial charge on any atom is 0.342 e. The molecule has 0 saturated heterocycles. The number of nitrogens with zero attached hydrogens (tertiary/aromatic N) is 2. The van der Waals surface area contributed by atoms with E-state index in [1.54, 1.807) is 0 Å². The highest BCUT2D eigenvalue weighted by atomic mass is 16.6. The van der Waals surface area contributed by atoms with E-state index >= 15 is 0 Å². The molecule has 1 aromatic heterocycles. The Hall–Kier alpha value is -2.22. The Morgan fingerprint density at radius 1 is 1.62 bits per heavy atom. The zero-order valence-corrected chi connectivity index (χ0v) is 7.99. The first-order chi connectivity index (χ1) is 7.56. The number of aromatic carboxylic acids is 1. The fourth-order valence-corrected chi connectivity index (χ4v) is 0.975. The van der Waals surface area contributed by atoms with Crippen LogP contribution in [0.5, 0.6) is 5.88 Å². The molecule has 0 bridgehead atoms. The average molecular weight is 228 g/mol. The molecule has 8 nitrogen and oxygen atoms in total. The Morgan fingerprint density at radius 3 is 2.81 bits per heavy atom. The first kappa shape index (κ1) is 11.9. The molecule has 0 aliphatic rings. The van der Waals surface area contributed by atoms with Gasteiger partial charge in [-0.15, -0.1) is 0 Å². The number of pyridine rings is 1. The number of rotatable bonds is 5. The van der Waals surface area contributed by atoms with E-state index < -0.39 is 22.1 Å². The van der Waals surface area contributed by atoms with Crippen LogP contribution in [0.25, 0.3) is 0 Å². The fourth-order valence-electron chi connectivity index (χ4n) is 0.975. The molecular formula is C8H8N2O6. The SMILES string of the molecule is O=C(O)c1cc(OCCO)ncc1[N+](=O)[O-]. The molecule has 0 aromatic carbocycles. The van der Waals surface area contributed by atoms with Crippen LogP contribution in [-0.4, -0.2) is 39.3 Å². The number of aliphatic hydroxyl groups is 1. The van der Waals surface area contributed by atoms with Gasteiger partial charge in [-0.2, -0.15) is 0 Å². The quantitative estimate of drug-likeness (QED) is 0.539. The zero-order chi connectivity index (χ0) is 12.1. The lowest BCUT2D eigenvalue weighted by molar-refractivity contribution is -0.385. The van der Waals surface area contributed by atoms with E-state index in [4.69, 9.17) is 14.9 Å². The van der Waals surface area contributed by atoms with Crippen LogP contribution in [0.3, 0.4) is 0 Å². The third-order valence-corrected chi connectivity index (χ3v) is 1.63. The second-order valence-electron chi connectivity index (χ2n) is 2.67. The highest BCUT2D eigenvalue weighted by Crippen LogP contribution is 2.21. The number of ether oxygens (including phenoxy) is 1. The van der Waals surface area contributed by atoms with Gasteiger partial charge in [0, 0.05) is 6.07 Å². The van der Waals surface area contributed by atoms with Crippen LogP contribution in [0.2, 0.25) is 0 Å². The number of hydrogen-bond donors (Lipinski definition) is 2. The van der Waals surface area contributed by atoms with Gasteiger partial charge >= 0.3 is 11.7 Å². The van der Waals surface area contributed by atoms with Crippen molar-refractivity contribution in [3.63, 3.8) is 0 Å². The van der Waals surface area contributed by atoms with Gasteiger partial charge in [0.25, 0.3) is 0 Å².